The van der Waals surface area contributed by atoms with Gasteiger partial charge in [-0.15, -0.1) is 24.0 Å². The van der Waals surface area contributed by atoms with E-state index < -0.39 is 6.55 Å². The summed E-state index contributed by atoms with van der Waals surface area (Å²) in [4.78, 5) is 21.3. The molecule has 148 valence electrons. The van der Waals surface area contributed by atoms with E-state index in [0.29, 0.717) is 18.1 Å². The number of aliphatic imine (C=N–C) groups is 1. The van der Waals surface area contributed by atoms with Crippen molar-refractivity contribution in [3.05, 3.63) is 53.6 Å². The Balaban J connectivity index is 0.00000364. The molecule has 1 amide bonds. The lowest BCUT2D eigenvalue weighted by molar-refractivity contribution is 0.0668. The molecule has 0 aliphatic rings. The smallest absolute Gasteiger partial charge is 0.319 e. The number of rotatable bonds is 6. The zero-order valence-corrected chi connectivity index (χ0v) is 17.6. The van der Waals surface area contributed by atoms with Gasteiger partial charge in [0.2, 0.25) is 0 Å². The number of nitrogens with one attached hydrogen (secondary N) is 2. The van der Waals surface area contributed by atoms with Crippen LogP contribution >= 0.6 is 24.0 Å². The van der Waals surface area contributed by atoms with Crippen LogP contribution in [0.15, 0.2) is 41.7 Å². The van der Waals surface area contributed by atoms with Crippen LogP contribution in [-0.2, 0) is 13.1 Å². The van der Waals surface area contributed by atoms with Crippen molar-refractivity contribution in [3.63, 3.8) is 0 Å². The highest BCUT2D eigenvalue weighted by Gasteiger charge is 2.11. The van der Waals surface area contributed by atoms with Crippen LogP contribution in [0, 0.1) is 0 Å². The molecule has 2 rings (SSSR count). The lowest BCUT2D eigenvalue weighted by Crippen LogP contribution is -2.37. The van der Waals surface area contributed by atoms with Gasteiger partial charge in [-0.3, -0.25) is 14.4 Å². The molecule has 0 spiro atoms. The van der Waals surface area contributed by atoms with Crippen LogP contribution in [-0.4, -0.2) is 47.5 Å². The van der Waals surface area contributed by atoms with Crippen molar-refractivity contribution in [1.82, 2.24) is 25.1 Å². The summed E-state index contributed by atoms with van der Waals surface area (Å²) in [7, 11) is 4.99. The summed E-state index contributed by atoms with van der Waals surface area (Å²) < 4.78 is 26.4. The van der Waals surface area contributed by atoms with Gasteiger partial charge in [-0.25, -0.2) is 4.98 Å². The molecule has 10 heteroatoms. The van der Waals surface area contributed by atoms with E-state index >= 15 is 0 Å². The maximum Gasteiger partial charge on any atom is 0.319 e. The summed E-state index contributed by atoms with van der Waals surface area (Å²) in [6.45, 7) is -2.04. The van der Waals surface area contributed by atoms with Gasteiger partial charge < -0.3 is 15.5 Å². The van der Waals surface area contributed by atoms with Crippen molar-refractivity contribution in [2.75, 3.05) is 21.1 Å². The summed E-state index contributed by atoms with van der Waals surface area (Å²) in [6, 6.07) is 7.21. The molecule has 7 nitrogen and oxygen atoms in total. The van der Waals surface area contributed by atoms with Crippen LogP contribution in [0.25, 0.3) is 0 Å². The fraction of sp³-hybridized carbons (Fsp3) is 0.353. The van der Waals surface area contributed by atoms with Gasteiger partial charge in [0.05, 0.1) is 6.54 Å². The zero-order chi connectivity index (χ0) is 19.1. The Bertz CT molecular complexity index is 761. The van der Waals surface area contributed by atoms with E-state index in [1.165, 1.54) is 17.3 Å². The van der Waals surface area contributed by atoms with E-state index in [9.17, 15) is 13.6 Å². The molecule has 2 aromatic rings. The van der Waals surface area contributed by atoms with Gasteiger partial charge >= 0.3 is 6.55 Å². The highest BCUT2D eigenvalue weighted by atomic mass is 127. The summed E-state index contributed by atoms with van der Waals surface area (Å²) in [5.41, 5.74) is 1.57. The molecule has 0 aliphatic heterocycles. The van der Waals surface area contributed by atoms with Gasteiger partial charge in [0.25, 0.3) is 5.91 Å². The number of imidazole rings is 1. The minimum Gasteiger partial charge on any atom is -0.352 e. The van der Waals surface area contributed by atoms with Crippen LogP contribution < -0.4 is 10.6 Å². The van der Waals surface area contributed by atoms with Crippen LogP contribution in [0.5, 0.6) is 0 Å². The first-order chi connectivity index (χ1) is 12.4. The normalized spacial score (nSPS) is 11.1. The standard InChI is InChI=1S/C17H22F2N6O.HI/c1-20-17(23-11-14-21-8-9-25(14)16(18)19)22-10-12-4-6-13(7-5-12)15(26)24(2)3;/h4-9,16H,10-11H2,1-3H3,(H2,20,22,23);1H. The summed E-state index contributed by atoms with van der Waals surface area (Å²) in [6.07, 6.45) is 2.56. The van der Waals surface area contributed by atoms with E-state index in [4.69, 9.17) is 0 Å². The minimum atomic E-state index is -2.63. The van der Waals surface area contributed by atoms with Crippen molar-refractivity contribution in [3.8, 4) is 0 Å². The van der Waals surface area contributed by atoms with Crippen molar-refractivity contribution < 1.29 is 13.6 Å². The number of hydrogen-bond donors (Lipinski definition) is 2. The molecule has 1 aromatic heterocycles. The molecular weight excluding hydrogens is 469 g/mol. The van der Waals surface area contributed by atoms with E-state index in [0.717, 1.165) is 10.1 Å². The average molecular weight is 492 g/mol. The monoisotopic (exact) mass is 492 g/mol. The molecule has 0 saturated heterocycles. The third-order valence-corrected chi connectivity index (χ3v) is 3.66. The zero-order valence-electron chi connectivity index (χ0n) is 15.3. The molecule has 1 heterocycles. The topological polar surface area (TPSA) is 74.6 Å². The van der Waals surface area contributed by atoms with E-state index in [-0.39, 0.29) is 42.3 Å². The van der Waals surface area contributed by atoms with E-state index in [1.54, 1.807) is 33.3 Å². The maximum atomic E-state index is 12.8. The SMILES string of the molecule is CN=C(NCc1ccc(C(=O)N(C)C)cc1)NCc1nccn1C(F)F.I. The highest BCUT2D eigenvalue weighted by molar-refractivity contribution is 14.0. The highest BCUT2D eigenvalue weighted by Crippen LogP contribution is 2.12. The second-order valence-corrected chi connectivity index (χ2v) is 5.70. The Hall–Kier alpha value is -2.24. The molecule has 2 N–H and O–H groups in total. The summed E-state index contributed by atoms with van der Waals surface area (Å²) >= 11 is 0. The first-order valence-corrected chi connectivity index (χ1v) is 7.97. The fourth-order valence-corrected chi connectivity index (χ4v) is 2.25. The third-order valence-electron chi connectivity index (χ3n) is 3.66. The molecule has 0 unspecified atom stereocenters. The van der Waals surface area contributed by atoms with Crippen molar-refractivity contribution in [2.45, 2.75) is 19.6 Å². The average Bonchev–Trinajstić information content (AvgIpc) is 3.10. The van der Waals surface area contributed by atoms with Crippen molar-refractivity contribution >= 4 is 35.8 Å². The first kappa shape index (κ1) is 22.8. The van der Waals surface area contributed by atoms with Crippen molar-refractivity contribution in [2.24, 2.45) is 4.99 Å². The number of halogens is 3. The molecule has 27 heavy (non-hydrogen) atoms. The Labute approximate surface area is 173 Å². The largest absolute Gasteiger partial charge is 0.352 e. The lowest BCUT2D eigenvalue weighted by atomic mass is 10.1. The van der Waals surface area contributed by atoms with Crippen LogP contribution in [0.1, 0.15) is 28.3 Å². The Morgan fingerprint density at radius 2 is 1.85 bits per heavy atom. The van der Waals surface area contributed by atoms with Gasteiger partial charge in [-0.1, -0.05) is 12.1 Å². The van der Waals surface area contributed by atoms with Gasteiger partial charge in [0.1, 0.15) is 5.82 Å². The number of benzene rings is 1. The number of guanidine groups is 1. The number of amides is 1. The molecule has 0 aliphatic carbocycles. The van der Waals surface area contributed by atoms with Crippen LogP contribution in [0.2, 0.25) is 0 Å². The Morgan fingerprint density at radius 1 is 1.22 bits per heavy atom. The number of carbonyl (C=O) groups excluding carboxylic acids is 1. The van der Waals surface area contributed by atoms with E-state index in [1.807, 2.05) is 12.1 Å². The minimum absolute atomic E-state index is 0. The number of hydrogen-bond acceptors (Lipinski definition) is 3. The second kappa shape index (κ2) is 10.8. The second-order valence-electron chi connectivity index (χ2n) is 5.70. The number of nitrogens with zero attached hydrogens (tertiary/aromatic N) is 4. The molecule has 0 atom stereocenters. The molecule has 0 fully saturated rings. The Kier molecular flexibility index (Phi) is 9.12. The van der Waals surface area contributed by atoms with Gasteiger partial charge in [-0.05, 0) is 17.7 Å². The van der Waals surface area contributed by atoms with E-state index in [2.05, 4.69) is 20.6 Å². The van der Waals surface area contributed by atoms with Gasteiger partial charge in [0.15, 0.2) is 5.96 Å². The molecular formula is C17H23F2IN6O. The predicted molar refractivity (Wildman–Crippen MR) is 110 cm³/mol. The van der Waals surface area contributed by atoms with Crippen molar-refractivity contribution in [1.29, 1.82) is 0 Å². The van der Waals surface area contributed by atoms with Gasteiger partial charge in [0, 0.05) is 45.6 Å². The quantitative estimate of drug-likeness (QED) is 0.369. The van der Waals surface area contributed by atoms with Crippen LogP contribution in [0.4, 0.5) is 8.78 Å². The fourth-order valence-electron chi connectivity index (χ4n) is 2.25. The number of alkyl halides is 2. The van der Waals surface area contributed by atoms with Crippen LogP contribution in [0.3, 0.4) is 0 Å². The predicted octanol–water partition coefficient (Wildman–Crippen LogP) is 2.46. The summed E-state index contributed by atoms with van der Waals surface area (Å²) in [5.74, 6) is 0.619. The molecule has 0 radical (unpaired) electrons. The first-order valence-electron chi connectivity index (χ1n) is 7.97. The number of carbonyl (C=O) groups is 1. The number of aromatic nitrogens is 2. The summed E-state index contributed by atoms with van der Waals surface area (Å²) in [5, 5.41) is 6.03. The molecule has 0 saturated carbocycles. The lowest BCUT2D eigenvalue weighted by Gasteiger charge is -2.13. The Morgan fingerprint density at radius 3 is 2.41 bits per heavy atom. The maximum absolute atomic E-state index is 12.8. The molecule has 1 aromatic carbocycles. The molecule has 0 bridgehead atoms. The van der Waals surface area contributed by atoms with Gasteiger partial charge in [-0.2, -0.15) is 8.78 Å². The third kappa shape index (κ3) is 6.45.